The summed E-state index contributed by atoms with van der Waals surface area (Å²) in [6.07, 6.45) is 4.60. The van der Waals surface area contributed by atoms with Gasteiger partial charge in [-0.05, 0) is 42.5 Å². The molecule has 2 rings (SSSR count). The molecule has 0 saturated heterocycles. The van der Waals surface area contributed by atoms with Crippen LogP contribution in [0.4, 0.5) is 5.69 Å². The molecule has 1 atom stereocenters. The number of hydrogen-bond acceptors (Lipinski definition) is 4. The third-order valence-electron chi connectivity index (χ3n) is 3.51. The van der Waals surface area contributed by atoms with Crippen LogP contribution in [-0.4, -0.2) is 16.9 Å². The molecule has 0 aliphatic rings. The number of rotatable bonds is 6. The molecule has 118 valence electrons. The molecule has 3 N–H and O–H groups in total. The van der Waals surface area contributed by atoms with Gasteiger partial charge in [0.2, 0.25) is 5.91 Å². The number of aromatic nitrogens is 1. The molecule has 0 bridgehead atoms. The van der Waals surface area contributed by atoms with Crippen molar-refractivity contribution in [2.24, 2.45) is 11.7 Å². The van der Waals surface area contributed by atoms with Crippen LogP contribution in [-0.2, 0) is 11.2 Å². The third kappa shape index (κ3) is 3.95. The first-order valence-corrected chi connectivity index (χ1v) is 7.59. The molecule has 0 aliphatic heterocycles. The molecule has 0 aliphatic carbocycles. The minimum absolute atomic E-state index is 0.150. The number of carbonyl (C=O) groups is 1. The van der Waals surface area contributed by atoms with E-state index in [9.17, 15) is 4.79 Å². The average molecular weight is 301 g/mol. The van der Waals surface area contributed by atoms with Crippen molar-refractivity contribution in [1.82, 2.24) is 4.98 Å². The Morgan fingerprint density at radius 3 is 2.77 bits per heavy atom. The highest BCUT2D eigenvalue weighted by Gasteiger charge is 2.16. The molecule has 0 fully saturated rings. The fourth-order valence-corrected chi connectivity index (χ4v) is 2.40. The smallest absolute Gasteiger partial charge is 0.241 e. The van der Waals surface area contributed by atoms with Crippen molar-refractivity contribution >= 4 is 11.6 Å². The van der Waals surface area contributed by atoms with E-state index in [0.29, 0.717) is 12.3 Å². The summed E-state index contributed by atoms with van der Waals surface area (Å²) in [6, 6.07) is 5.26. The Bertz CT molecular complexity index is 621. The molecular formula is C17H23N3O2. The molecule has 1 aromatic heterocycles. The number of oxazole rings is 1. The van der Waals surface area contributed by atoms with Gasteiger partial charge < -0.3 is 15.5 Å². The van der Waals surface area contributed by atoms with Gasteiger partial charge in [0.25, 0.3) is 0 Å². The Labute approximate surface area is 130 Å². The van der Waals surface area contributed by atoms with Gasteiger partial charge in [-0.1, -0.05) is 20.8 Å². The first-order valence-electron chi connectivity index (χ1n) is 7.59. The van der Waals surface area contributed by atoms with Gasteiger partial charge in [0, 0.05) is 11.3 Å². The van der Waals surface area contributed by atoms with E-state index < -0.39 is 6.04 Å². The maximum absolute atomic E-state index is 12.1. The zero-order valence-corrected chi connectivity index (χ0v) is 13.3. The number of amides is 1. The highest BCUT2D eigenvalue weighted by molar-refractivity contribution is 5.95. The maximum Gasteiger partial charge on any atom is 0.241 e. The Morgan fingerprint density at radius 2 is 2.18 bits per heavy atom. The van der Waals surface area contributed by atoms with Gasteiger partial charge in [0.05, 0.1) is 12.2 Å². The van der Waals surface area contributed by atoms with E-state index in [1.54, 1.807) is 6.20 Å². The minimum atomic E-state index is -0.487. The van der Waals surface area contributed by atoms with Gasteiger partial charge in [-0.15, -0.1) is 0 Å². The summed E-state index contributed by atoms with van der Waals surface area (Å²) in [6.45, 7) is 6.16. The van der Waals surface area contributed by atoms with Crippen LogP contribution in [0.25, 0.3) is 11.3 Å². The summed E-state index contributed by atoms with van der Waals surface area (Å²) in [5.74, 6) is 0.968. The molecule has 1 amide bonds. The van der Waals surface area contributed by atoms with E-state index in [-0.39, 0.29) is 5.91 Å². The molecule has 0 spiro atoms. The standard InChI is InChI=1S/C17H23N3O2/c1-4-12-8-13(20-17(21)15(18)7-11(2)3)5-6-14(12)16-9-19-10-22-16/h5-6,8-11,15H,4,7,18H2,1-3H3,(H,20,21). The number of hydrogen-bond donors (Lipinski definition) is 2. The van der Waals surface area contributed by atoms with E-state index in [1.165, 1.54) is 6.39 Å². The summed E-state index contributed by atoms with van der Waals surface area (Å²) in [5.41, 5.74) is 8.74. The molecule has 5 heteroatoms. The first kappa shape index (κ1) is 16.2. The predicted octanol–water partition coefficient (Wildman–Crippen LogP) is 3.22. The van der Waals surface area contributed by atoms with Crippen LogP contribution in [0.5, 0.6) is 0 Å². The lowest BCUT2D eigenvalue weighted by molar-refractivity contribution is -0.117. The van der Waals surface area contributed by atoms with Gasteiger partial charge in [0.15, 0.2) is 12.2 Å². The number of carbonyl (C=O) groups excluding carboxylic acids is 1. The second-order valence-electron chi connectivity index (χ2n) is 5.82. The summed E-state index contributed by atoms with van der Waals surface area (Å²) >= 11 is 0. The normalized spacial score (nSPS) is 12.4. The van der Waals surface area contributed by atoms with E-state index in [2.05, 4.69) is 31.1 Å². The zero-order chi connectivity index (χ0) is 16.1. The average Bonchev–Trinajstić information content (AvgIpc) is 3.00. The summed E-state index contributed by atoms with van der Waals surface area (Å²) in [5, 5.41) is 2.88. The summed E-state index contributed by atoms with van der Waals surface area (Å²) < 4.78 is 5.35. The minimum Gasteiger partial charge on any atom is -0.444 e. The summed E-state index contributed by atoms with van der Waals surface area (Å²) in [4.78, 5) is 16.0. The van der Waals surface area contributed by atoms with Crippen molar-refractivity contribution in [1.29, 1.82) is 0 Å². The number of nitrogens with two attached hydrogens (primary N) is 1. The van der Waals surface area contributed by atoms with Gasteiger partial charge >= 0.3 is 0 Å². The fraction of sp³-hybridized carbons (Fsp3) is 0.412. The van der Waals surface area contributed by atoms with Gasteiger partial charge in [0.1, 0.15) is 0 Å². The number of benzene rings is 1. The molecule has 1 heterocycles. The Balaban J connectivity index is 2.15. The SMILES string of the molecule is CCc1cc(NC(=O)C(N)CC(C)C)ccc1-c1cnco1. The number of nitrogens with one attached hydrogen (secondary N) is 1. The van der Waals surface area contributed by atoms with Crippen molar-refractivity contribution in [2.45, 2.75) is 39.7 Å². The number of anilines is 1. The third-order valence-corrected chi connectivity index (χ3v) is 3.51. The van der Waals surface area contributed by atoms with E-state index in [0.717, 1.165) is 29.0 Å². The van der Waals surface area contributed by atoms with Crippen LogP contribution >= 0.6 is 0 Å². The largest absolute Gasteiger partial charge is 0.444 e. The van der Waals surface area contributed by atoms with Crippen molar-refractivity contribution in [3.05, 3.63) is 36.4 Å². The predicted molar refractivity (Wildman–Crippen MR) is 87.4 cm³/mol. The lowest BCUT2D eigenvalue weighted by atomic mass is 10.0. The molecule has 1 unspecified atom stereocenters. The summed E-state index contributed by atoms with van der Waals surface area (Å²) in [7, 11) is 0. The maximum atomic E-state index is 12.1. The molecule has 0 radical (unpaired) electrons. The molecule has 0 saturated carbocycles. The zero-order valence-electron chi connectivity index (χ0n) is 13.3. The molecular weight excluding hydrogens is 278 g/mol. The quantitative estimate of drug-likeness (QED) is 0.858. The van der Waals surface area contributed by atoms with E-state index in [4.69, 9.17) is 10.2 Å². The van der Waals surface area contributed by atoms with Gasteiger partial charge in [-0.2, -0.15) is 0 Å². The Kier molecular flexibility index (Phi) is 5.33. The monoisotopic (exact) mass is 301 g/mol. The van der Waals surface area contributed by atoms with Crippen molar-refractivity contribution in [3.8, 4) is 11.3 Å². The lowest BCUT2D eigenvalue weighted by Crippen LogP contribution is -2.36. The first-order chi connectivity index (χ1) is 10.5. The Morgan fingerprint density at radius 1 is 1.41 bits per heavy atom. The molecule has 1 aromatic carbocycles. The molecule has 5 nitrogen and oxygen atoms in total. The van der Waals surface area contributed by atoms with Crippen molar-refractivity contribution < 1.29 is 9.21 Å². The van der Waals surface area contributed by atoms with E-state index >= 15 is 0 Å². The van der Waals surface area contributed by atoms with Crippen LogP contribution in [0, 0.1) is 5.92 Å². The van der Waals surface area contributed by atoms with Gasteiger partial charge in [-0.3, -0.25) is 4.79 Å². The lowest BCUT2D eigenvalue weighted by Gasteiger charge is -2.15. The highest BCUT2D eigenvalue weighted by Crippen LogP contribution is 2.26. The van der Waals surface area contributed by atoms with Gasteiger partial charge in [-0.25, -0.2) is 4.98 Å². The van der Waals surface area contributed by atoms with Crippen LogP contribution in [0.2, 0.25) is 0 Å². The molecule has 2 aromatic rings. The van der Waals surface area contributed by atoms with Crippen molar-refractivity contribution in [3.63, 3.8) is 0 Å². The van der Waals surface area contributed by atoms with Crippen LogP contribution in [0.1, 0.15) is 32.8 Å². The Hall–Kier alpha value is -2.14. The van der Waals surface area contributed by atoms with Crippen LogP contribution < -0.4 is 11.1 Å². The second kappa shape index (κ2) is 7.22. The number of nitrogens with zero attached hydrogens (tertiary/aromatic N) is 1. The highest BCUT2D eigenvalue weighted by atomic mass is 16.3. The van der Waals surface area contributed by atoms with Crippen LogP contribution in [0.15, 0.2) is 35.2 Å². The van der Waals surface area contributed by atoms with E-state index in [1.807, 2.05) is 18.2 Å². The second-order valence-corrected chi connectivity index (χ2v) is 5.82. The topological polar surface area (TPSA) is 81.2 Å². The van der Waals surface area contributed by atoms with Crippen molar-refractivity contribution in [2.75, 3.05) is 5.32 Å². The molecule has 22 heavy (non-hydrogen) atoms. The number of aryl methyl sites for hydroxylation is 1. The fourth-order valence-electron chi connectivity index (χ4n) is 2.40. The van der Waals surface area contributed by atoms with Crippen LogP contribution in [0.3, 0.4) is 0 Å².